The van der Waals surface area contributed by atoms with Gasteiger partial charge in [0, 0.05) is 12.6 Å². The zero-order valence-corrected chi connectivity index (χ0v) is 10.8. The van der Waals surface area contributed by atoms with Gasteiger partial charge in [0.2, 0.25) is 5.89 Å². The molecule has 102 valence electrons. The fourth-order valence-electron chi connectivity index (χ4n) is 2.26. The smallest absolute Gasteiger partial charge is 0.209 e. The van der Waals surface area contributed by atoms with Crippen molar-refractivity contribution < 1.29 is 13.9 Å². The van der Waals surface area contributed by atoms with Gasteiger partial charge in [-0.3, -0.25) is 4.90 Å². The number of aromatic nitrogens is 1. The van der Waals surface area contributed by atoms with Gasteiger partial charge in [0.05, 0.1) is 12.6 Å². The first kappa shape index (κ1) is 12.6. The first-order valence-corrected chi connectivity index (χ1v) is 6.53. The number of benzene rings is 1. The fraction of sp³-hybridized carbons (Fsp3) is 0.500. The van der Waals surface area contributed by atoms with Crippen LogP contribution in [0.1, 0.15) is 18.7 Å². The maximum Gasteiger partial charge on any atom is 0.209 e. The van der Waals surface area contributed by atoms with Crippen LogP contribution in [0.25, 0.3) is 11.1 Å². The molecule has 5 heteroatoms. The lowest BCUT2D eigenvalue weighted by Crippen LogP contribution is -2.30. The summed E-state index contributed by atoms with van der Waals surface area (Å²) in [5.41, 5.74) is 1.12. The van der Waals surface area contributed by atoms with Gasteiger partial charge in [-0.05, 0) is 37.9 Å². The molecular weight excluding hydrogens is 247 g/mol. The van der Waals surface area contributed by atoms with Crippen molar-refractivity contribution in [3.63, 3.8) is 0 Å². The van der Waals surface area contributed by atoms with E-state index in [1.165, 1.54) is 12.1 Å². The molecule has 4 nitrogen and oxygen atoms in total. The number of nitrogens with zero attached hydrogens (tertiary/aromatic N) is 2. The summed E-state index contributed by atoms with van der Waals surface area (Å²) < 4.78 is 18.6. The number of hydrogen-bond donors (Lipinski definition) is 1. The minimum absolute atomic E-state index is 0.271. The third-order valence-electron chi connectivity index (χ3n) is 3.46. The lowest BCUT2D eigenvalue weighted by Gasteiger charge is -2.18. The summed E-state index contributed by atoms with van der Waals surface area (Å²) in [6.45, 7) is 1.12. The monoisotopic (exact) mass is 264 g/mol. The largest absolute Gasteiger partial charge is 0.439 e. The molecule has 1 heterocycles. The van der Waals surface area contributed by atoms with E-state index in [-0.39, 0.29) is 11.9 Å². The van der Waals surface area contributed by atoms with Crippen LogP contribution >= 0.6 is 0 Å². The number of likely N-dealkylation sites (N-methyl/N-ethyl adjacent to an activating group) is 1. The Labute approximate surface area is 110 Å². The van der Waals surface area contributed by atoms with E-state index in [0.29, 0.717) is 36.0 Å². The average Bonchev–Trinajstić information content (AvgIpc) is 3.11. The topological polar surface area (TPSA) is 49.5 Å². The molecular formula is C14H17FN2O2. The fourth-order valence-corrected chi connectivity index (χ4v) is 2.26. The Morgan fingerprint density at radius 2 is 2.32 bits per heavy atom. The number of oxazole rings is 1. The van der Waals surface area contributed by atoms with Crippen LogP contribution in [0.3, 0.4) is 0 Å². The Morgan fingerprint density at radius 3 is 3.05 bits per heavy atom. The predicted octanol–water partition coefficient (Wildman–Crippen LogP) is 2.17. The average molecular weight is 264 g/mol. The molecule has 0 saturated heterocycles. The lowest BCUT2D eigenvalue weighted by atomic mass is 10.2. The third kappa shape index (κ3) is 2.93. The first-order valence-electron chi connectivity index (χ1n) is 6.53. The van der Waals surface area contributed by atoms with E-state index in [9.17, 15) is 9.50 Å². The Balaban J connectivity index is 1.66. The molecule has 2 aromatic rings. The standard InChI is InChI=1S/C14H17FN2O2/c1-17(7-12(18)9-2-3-9)8-14-16-11-6-10(15)4-5-13(11)19-14/h4-6,9,12,18H,2-3,7-8H2,1H3. The molecule has 1 aliphatic rings. The highest BCUT2D eigenvalue weighted by Crippen LogP contribution is 2.32. The zero-order valence-electron chi connectivity index (χ0n) is 10.8. The van der Waals surface area contributed by atoms with E-state index in [4.69, 9.17) is 4.42 Å². The van der Waals surface area contributed by atoms with E-state index in [1.807, 2.05) is 11.9 Å². The highest BCUT2D eigenvalue weighted by molar-refractivity contribution is 5.72. The molecule has 1 unspecified atom stereocenters. The normalized spacial score (nSPS) is 17.3. The second-order valence-corrected chi connectivity index (χ2v) is 5.32. The molecule has 1 aliphatic carbocycles. The molecule has 0 aliphatic heterocycles. The summed E-state index contributed by atoms with van der Waals surface area (Å²) in [5.74, 6) is 0.691. The van der Waals surface area contributed by atoms with Crippen molar-refractivity contribution in [3.8, 4) is 0 Å². The van der Waals surface area contributed by atoms with Crippen LogP contribution in [-0.2, 0) is 6.54 Å². The number of halogens is 1. The number of aliphatic hydroxyl groups is 1. The summed E-state index contributed by atoms with van der Waals surface area (Å²) in [7, 11) is 1.92. The van der Waals surface area contributed by atoms with Gasteiger partial charge in [-0.25, -0.2) is 9.37 Å². The molecule has 0 spiro atoms. The molecule has 1 N–H and O–H groups in total. The summed E-state index contributed by atoms with van der Waals surface area (Å²) >= 11 is 0. The van der Waals surface area contributed by atoms with Crippen LogP contribution in [0.4, 0.5) is 4.39 Å². The van der Waals surface area contributed by atoms with Gasteiger partial charge in [-0.15, -0.1) is 0 Å². The van der Waals surface area contributed by atoms with Gasteiger partial charge in [-0.1, -0.05) is 0 Å². The van der Waals surface area contributed by atoms with Crippen LogP contribution in [0.5, 0.6) is 0 Å². The zero-order chi connectivity index (χ0) is 13.4. The molecule has 1 aromatic heterocycles. The highest BCUT2D eigenvalue weighted by atomic mass is 19.1. The number of fused-ring (bicyclic) bond motifs is 1. The van der Waals surface area contributed by atoms with Gasteiger partial charge in [0.25, 0.3) is 0 Å². The summed E-state index contributed by atoms with van der Waals surface area (Å²) in [4.78, 5) is 6.23. The van der Waals surface area contributed by atoms with Gasteiger partial charge in [0.15, 0.2) is 5.58 Å². The van der Waals surface area contributed by atoms with Crippen molar-refractivity contribution in [2.24, 2.45) is 5.92 Å². The highest BCUT2D eigenvalue weighted by Gasteiger charge is 2.30. The maximum atomic E-state index is 13.1. The predicted molar refractivity (Wildman–Crippen MR) is 69.0 cm³/mol. The Morgan fingerprint density at radius 1 is 1.53 bits per heavy atom. The van der Waals surface area contributed by atoms with Crippen LogP contribution in [0.2, 0.25) is 0 Å². The van der Waals surface area contributed by atoms with Crippen LogP contribution < -0.4 is 0 Å². The SMILES string of the molecule is CN(Cc1nc2cc(F)ccc2o1)CC(O)C1CC1. The van der Waals surface area contributed by atoms with E-state index in [2.05, 4.69) is 4.98 Å². The molecule has 19 heavy (non-hydrogen) atoms. The molecule has 0 bridgehead atoms. The van der Waals surface area contributed by atoms with Crippen molar-refractivity contribution in [3.05, 3.63) is 29.9 Å². The second kappa shape index (κ2) is 4.90. The van der Waals surface area contributed by atoms with Crippen molar-refractivity contribution >= 4 is 11.1 Å². The summed E-state index contributed by atoms with van der Waals surface area (Å²) in [6, 6.07) is 4.31. The van der Waals surface area contributed by atoms with Crippen molar-refractivity contribution in [1.29, 1.82) is 0 Å². The Bertz CT molecular complexity index is 580. The van der Waals surface area contributed by atoms with Crippen LogP contribution in [0, 0.1) is 11.7 Å². The van der Waals surface area contributed by atoms with Gasteiger partial charge in [0.1, 0.15) is 11.3 Å². The van der Waals surface area contributed by atoms with Crippen LogP contribution in [0.15, 0.2) is 22.6 Å². The molecule has 0 amide bonds. The Hall–Kier alpha value is -1.46. The van der Waals surface area contributed by atoms with Crippen LogP contribution in [-0.4, -0.2) is 34.7 Å². The van der Waals surface area contributed by atoms with E-state index in [1.54, 1.807) is 6.07 Å². The molecule has 0 radical (unpaired) electrons. The Kier molecular flexibility index (Phi) is 3.24. The minimum atomic E-state index is -0.315. The van der Waals surface area contributed by atoms with Gasteiger partial charge >= 0.3 is 0 Å². The van der Waals surface area contributed by atoms with Crippen molar-refractivity contribution in [1.82, 2.24) is 9.88 Å². The minimum Gasteiger partial charge on any atom is -0.439 e. The maximum absolute atomic E-state index is 13.1. The van der Waals surface area contributed by atoms with E-state index in [0.717, 1.165) is 12.8 Å². The number of rotatable bonds is 5. The quantitative estimate of drug-likeness (QED) is 0.899. The molecule has 1 atom stereocenters. The molecule has 1 fully saturated rings. The van der Waals surface area contributed by atoms with Gasteiger partial charge in [-0.2, -0.15) is 0 Å². The van der Waals surface area contributed by atoms with Gasteiger partial charge < -0.3 is 9.52 Å². The lowest BCUT2D eigenvalue weighted by molar-refractivity contribution is 0.101. The summed E-state index contributed by atoms with van der Waals surface area (Å²) in [6.07, 6.45) is 1.97. The summed E-state index contributed by atoms with van der Waals surface area (Å²) in [5, 5.41) is 9.87. The number of hydrogen-bond acceptors (Lipinski definition) is 4. The molecule has 1 aromatic carbocycles. The van der Waals surface area contributed by atoms with E-state index < -0.39 is 0 Å². The molecule has 1 saturated carbocycles. The van der Waals surface area contributed by atoms with Crippen molar-refractivity contribution in [2.45, 2.75) is 25.5 Å². The second-order valence-electron chi connectivity index (χ2n) is 5.32. The molecule has 3 rings (SSSR count). The van der Waals surface area contributed by atoms with E-state index >= 15 is 0 Å². The van der Waals surface area contributed by atoms with Crippen molar-refractivity contribution in [2.75, 3.05) is 13.6 Å². The third-order valence-corrected chi connectivity index (χ3v) is 3.46. The first-order chi connectivity index (χ1) is 9.11. The number of aliphatic hydroxyl groups excluding tert-OH is 1.